The van der Waals surface area contributed by atoms with Crippen molar-refractivity contribution in [2.45, 2.75) is 205 Å². The van der Waals surface area contributed by atoms with Gasteiger partial charge >= 0.3 is 5.97 Å². The Morgan fingerprint density at radius 3 is 2.28 bits per heavy atom. The lowest BCUT2D eigenvalue weighted by molar-refractivity contribution is -0.318. The van der Waals surface area contributed by atoms with Gasteiger partial charge in [0.25, 0.3) is 0 Å². The zero-order valence-corrected chi connectivity index (χ0v) is 43.4. The SMILES string of the molecule is CC[C@H]1OC(=O)[C@H](C)[C@@H](O[C@H]2C[C@@](C)(OC)[C@@H](O)[C@H](C)O2)[C@H](C)[C@@H](O[C@@H]2O[C@H](C)C[C@H](N(C)CCc3cn(Cc4ccc(/C(C)=N\O)cc4)nn3)[C@H]2O)[C@](C)(O)C[C@@H](C)CN(C)[C@H](C)[C@@H](O)[C@]1(C)O. The van der Waals surface area contributed by atoms with Crippen LogP contribution >= 0.6 is 0 Å². The summed E-state index contributed by atoms with van der Waals surface area (Å²) < 4.78 is 40.0. The number of carbonyl (C=O) groups is 1. The number of aliphatic hydroxyl groups is 5. The van der Waals surface area contributed by atoms with E-state index in [9.17, 15) is 30.3 Å². The van der Waals surface area contributed by atoms with Gasteiger partial charge in [-0.25, -0.2) is 4.68 Å². The van der Waals surface area contributed by atoms with Crippen molar-refractivity contribution in [3.05, 3.63) is 47.3 Å². The standard InChI is InChI=1S/C50H84N6O13/c1-15-39-50(11,62)43(58)33(7)55(13)25-28(2)23-48(9,61)45(30(4)42(31(5)46(60)67-39)68-40-24-49(10,64-14)44(59)34(8)66-40)69-47-41(57)38(22-29(3)65-47)54(12)21-20-37-27-56(53-51-37)26-35-16-18-36(19-17-35)32(6)52-63/h16-19,27-31,33-34,38-45,47,57-59,61-63H,15,20-26H2,1-14H3/b52-32-/t28-,29-,30+,31-,33-,34+,38+,39-,40+,41-,42+,43-,44+,45-,47+,48-,49-,50-/m1/s1. The summed E-state index contributed by atoms with van der Waals surface area (Å²) in [5.41, 5.74) is -1.40. The molecule has 3 aliphatic rings. The maximum absolute atomic E-state index is 14.5. The fourth-order valence-electron chi connectivity index (χ4n) is 10.7. The number of ether oxygens (including phenoxy) is 6. The molecule has 3 aliphatic heterocycles. The summed E-state index contributed by atoms with van der Waals surface area (Å²) in [5, 5.41) is 80.7. The molecule has 0 saturated carbocycles. The van der Waals surface area contributed by atoms with Crippen molar-refractivity contribution in [1.82, 2.24) is 24.8 Å². The van der Waals surface area contributed by atoms with E-state index >= 15 is 0 Å². The molecule has 0 unspecified atom stereocenters. The molecule has 1 aromatic heterocycles. The van der Waals surface area contributed by atoms with E-state index in [1.807, 2.05) is 70.2 Å². The van der Waals surface area contributed by atoms with Crippen molar-refractivity contribution >= 4 is 11.7 Å². The summed E-state index contributed by atoms with van der Waals surface area (Å²) in [4.78, 5) is 18.4. The lowest BCUT2D eigenvalue weighted by atomic mass is 9.77. The summed E-state index contributed by atoms with van der Waals surface area (Å²) in [6, 6.07) is 6.69. The highest BCUT2D eigenvalue weighted by atomic mass is 16.7. The summed E-state index contributed by atoms with van der Waals surface area (Å²) in [5.74, 6) is -2.78. The first-order valence-corrected chi connectivity index (χ1v) is 24.7. The number of cyclic esters (lactones) is 1. The second kappa shape index (κ2) is 23.6. The molecule has 0 amide bonds. The third kappa shape index (κ3) is 13.5. The van der Waals surface area contributed by atoms with Crippen LogP contribution in [-0.2, 0) is 46.2 Å². The predicted octanol–water partition coefficient (Wildman–Crippen LogP) is 3.35. The van der Waals surface area contributed by atoms with Crippen LogP contribution in [0.4, 0.5) is 0 Å². The first-order chi connectivity index (χ1) is 32.3. The Labute approximate surface area is 409 Å². The minimum atomic E-state index is -1.84. The maximum Gasteiger partial charge on any atom is 0.311 e. The van der Waals surface area contributed by atoms with Crippen molar-refractivity contribution in [3.8, 4) is 0 Å². The maximum atomic E-state index is 14.5. The summed E-state index contributed by atoms with van der Waals surface area (Å²) in [6.45, 7) is 20.7. The van der Waals surface area contributed by atoms with Crippen LogP contribution in [0.2, 0.25) is 0 Å². The minimum absolute atomic E-state index is 0.101. The Bertz CT molecular complexity index is 1970. The zero-order valence-electron chi connectivity index (χ0n) is 43.4. The molecular formula is C50H84N6O13. The van der Waals surface area contributed by atoms with Crippen LogP contribution in [0.5, 0.6) is 0 Å². The number of nitrogens with zero attached hydrogens (tertiary/aromatic N) is 6. The van der Waals surface area contributed by atoms with Crippen LogP contribution in [0.3, 0.4) is 0 Å². The number of carbonyl (C=O) groups excluding carboxylic acids is 1. The average molecular weight is 977 g/mol. The summed E-state index contributed by atoms with van der Waals surface area (Å²) >= 11 is 0. The van der Waals surface area contributed by atoms with Crippen molar-refractivity contribution in [2.75, 3.05) is 34.3 Å². The van der Waals surface area contributed by atoms with Crippen LogP contribution in [0.15, 0.2) is 35.6 Å². The second-order valence-corrected chi connectivity index (χ2v) is 21.2. The second-order valence-electron chi connectivity index (χ2n) is 21.2. The average Bonchev–Trinajstić information content (AvgIpc) is 3.75. The number of hydrogen-bond donors (Lipinski definition) is 6. The van der Waals surface area contributed by atoms with Gasteiger partial charge in [-0.1, -0.05) is 55.4 Å². The molecule has 2 aromatic rings. The molecule has 0 spiro atoms. The van der Waals surface area contributed by atoms with Crippen LogP contribution in [0.25, 0.3) is 0 Å². The number of esters is 1. The van der Waals surface area contributed by atoms with Crippen LogP contribution in [0.1, 0.15) is 119 Å². The third-order valence-electron chi connectivity index (χ3n) is 15.3. The summed E-state index contributed by atoms with van der Waals surface area (Å²) in [7, 11) is 5.27. The predicted molar refractivity (Wildman–Crippen MR) is 256 cm³/mol. The summed E-state index contributed by atoms with van der Waals surface area (Å²) in [6.07, 6.45) is -6.61. The molecule has 1 aromatic carbocycles. The van der Waals surface area contributed by atoms with E-state index < -0.39 is 102 Å². The first-order valence-electron chi connectivity index (χ1n) is 24.7. The van der Waals surface area contributed by atoms with Gasteiger partial charge in [0, 0.05) is 57.2 Å². The normalized spacial score (nSPS) is 40.6. The largest absolute Gasteiger partial charge is 0.459 e. The van der Waals surface area contributed by atoms with Gasteiger partial charge in [-0.05, 0) is 106 Å². The van der Waals surface area contributed by atoms with E-state index in [0.29, 0.717) is 38.2 Å². The van der Waals surface area contributed by atoms with Crippen molar-refractivity contribution in [2.24, 2.45) is 22.9 Å². The molecule has 18 atom stereocenters. The lowest BCUT2D eigenvalue weighted by Crippen LogP contribution is -2.61. The number of hydrogen-bond acceptors (Lipinski definition) is 18. The Hall–Kier alpha value is -3.18. The molecule has 3 saturated heterocycles. The number of aromatic nitrogens is 3. The van der Waals surface area contributed by atoms with Gasteiger partial charge in [-0.2, -0.15) is 0 Å². The first kappa shape index (κ1) is 56.7. The Morgan fingerprint density at radius 2 is 1.65 bits per heavy atom. The number of likely N-dealkylation sites (N-methyl/N-ethyl adjacent to an activating group) is 2. The van der Waals surface area contributed by atoms with Crippen LogP contribution in [0, 0.1) is 17.8 Å². The molecule has 392 valence electrons. The van der Waals surface area contributed by atoms with Crippen molar-refractivity contribution < 1.29 is 64.0 Å². The Kier molecular flexibility index (Phi) is 19.4. The molecule has 19 heteroatoms. The highest BCUT2D eigenvalue weighted by Crippen LogP contribution is 2.40. The van der Waals surface area contributed by atoms with E-state index in [2.05, 4.69) is 20.4 Å². The van der Waals surface area contributed by atoms with E-state index in [0.717, 1.165) is 16.8 Å². The van der Waals surface area contributed by atoms with Crippen LogP contribution < -0.4 is 0 Å². The molecule has 6 N–H and O–H groups in total. The van der Waals surface area contributed by atoms with Gasteiger partial charge in [0.2, 0.25) is 0 Å². The Balaban J connectivity index is 1.44. The van der Waals surface area contributed by atoms with Gasteiger partial charge in [0.05, 0.1) is 59.5 Å². The molecule has 4 heterocycles. The van der Waals surface area contributed by atoms with E-state index in [4.69, 9.17) is 33.6 Å². The smallest absolute Gasteiger partial charge is 0.311 e. The number of methoxy groups -OCH3 is 1. The van der Waals surface area contributed by atoms with Crippen molar-refractivity contribution in [3.63, 3.8) is 0 Å². The van der Waals surface area contributed by atoms with Crippen molar-refractivity contribution in [1.29, 1.82) is 0 Å². The number of aliphatic hydroxyl groups excluding tert-OH is 3. The number of rotatable bonds is 13. The molecule has 0 radical (unpaired) electrons. The fraction of sp³-hybridized carbons (Fsp3) is 0.800. The van der Waals surface area contributed by atoms with Gasteiger partial charge < -0.3 is 69.0 Å². The molecular weight excluding hydrogens is 893 g/mol. The molecule has 19 nitrogen and oxygen atoms in total. The molecule has 69 heavy (non-hydrogen) atoms. The van der Waals surface area contributed by atoms with Gasteiger partial charge in [-0.3, -0.25) is 4.79 Å². The van der Waals surface area contributed by atoms with E-state index in [-0.39, 0.29) is 31.3 Å². The van der Waals surface area contributed by atoms with Gasteiger partial charge in [-0.15, -0.1) is 5.10 Å². The monoisotopic (exact) mass is 977 g/mol. The zero-order chi connectivity index (χ0) is 51.3. The topological polar surface area (TPSA) is 243 Å². The van der Waals surface area contributed by atoms with E-state index in [1.54, 1.807) is 53.1 Å². The highest BCUT2D eigenvalue weighted by molar-refractivity contribution is 5.98. The fourth-order valence-corrected chi connectivity index (χ4v) is 10.7. The highest BCUT2D eigenvalue weighted by Gasteiger charge is 2.53. The molecule has 0 aliphatic carbocycles. The quantitative estimate of drug-likeness (QED) is 0.0730. The lowest BCUT2D eigenvalue weighted by Gasteiger charge is -2.49. The number of benzene rings is 1. The molecule has 3 fully saturated rings. The third-order valence-corrected chi connectivity index (χ3v) is 15.3. The molecule has 5 rings (SSSR count). The van der Waals surface area contributed by atoms with Gasteiger partial charge in [0.1, 0.15) is 30.0 Å². The Morgan fingerprint density at radius 1 is 0.986 bits per heavy atom. The van der Waals surface area contributed by atoms with E-state index in [1.165, 1.54) is 14.0 Å². The minimum Gasteiger partial charge on any atom is -0.459 e. The van der Waals surface area contributed by atoms with Gasteiger partial charge in [0.15, 0.2) is 12.6 Å². The molecule has 0 bridgehead atoms. The number of oxime groups is 1. The van der Waals surface area contributed by atoms with Crippen LogP contribution in [-0.4, -0.2) is 192 Å².